The first-order valence-electron chi connectivity index (χ1n) is 10.1. The number of furan rings is 1. The van der Waals surface area contributed by atoms with Crippen LogP contribution in [0.3, 0.4) is 0 Å². The first-order valence-corrected chi connectivity index (χ1v) is 10.1. The summed E-state index contributed by atoms with van der Waals surface area (Å²) >= 11 is 0. The van der Waals surface area contributed by atoms with Crippen LogP contribution in [0, 0.1) is 5.82 Å². The van der Waals surface area contributed by atoms with Gasteiger partial charge in [0.1, 0.15) is 18.9 Å². The van der Waals surface area contributed by atoms with Crippen molar-refractivity contribution in [3.05, 3.63) is 59.3 Å². The van der Waals surface area contributed by atoms with Crippen LogP contribution in [-0.4, -0.2) is 18.5 Å². The number of benzene rings is 1. The maximum absolute atomic E-state index is 14.2. The highest BCUT2D eigenvalue weighted by Gasteiger charge is 2.27. The molecule has 146 valence electrons. The minimum Gasteiger partial charge on any atom is -0.450 e. The summed E-state index contributed by atoms with van der Waals surface area (Å²) in [6, 6.07) is 11.1. The SMILES string of the molecule is CCCNC(=O)c1ccc(C[NH+](Cc2ccccc2F)C2CCCCC2)o1. The molecule has 1 aromatic heterocycles. The molecular formula is C22H30FN2O2+. The predicted molar refractivity (Wildman–Crippen MR) is 103 cm³/mol. The lowest BCUT2D eigenvalue weighted by Gasteiger charge is -2.31. The summed E-state index contributed by atoms with van der Waals surface area (Å²) < 4.78 is 20.0. The van der Waals surface area contributed by atoms with E-state index in [1.54, 1.807) is 12.1 Å². The third kappa shape index (κ3) is 5.42. The van der Waals surface area contributed by atoms with Gasteiger partial charge in [0.15, 0.2) is 11.5 Å². The summed E-state index contributed by atoms with van der Waals surface area (Å²) in [6.07, 6.45) is 6.96. The summed E-state index contributed by atoms with van der Waals surface area (Å²) in [6.45, 7) is 3.96. The second kappa shape index (κ2) is 9.70. The third-order valence-electron chi connectivity index (χ3n) is 5.38. The molecule has 1 amide bonds. The molecule has 0 aliphatic heterocycles. The van der Waals surface area contributed by atoms with Gasteiger partial charge < -0.3 is 14.6 Å². The van der Waals surface area contributed by atoms with E-state index in [2.05, 4.69) is 5.32 Å². The van der Waals surface area contributed by atoms with E-state index in [0.29, 0.717) is 31.4 Å². The van der Waals surface area contributed by atoms with Crippen LogP contribution in [0.15, 0.2) is 40.8 Å². The van der Waals surface area contributed by atoms with Gasteiger partial charge in [0.05, 0.1) is 6.04 Å². The molecule has 2 aromatic rings. The molecule has 1 aliphatic rings. The number of halogens is 1. The minimum absolute atomic E-state index is 0.148. The minimum atomic E-state index is -0.170. The van der Waals surface area contributed by atoms with Crippen molar-refractivity contribution in [2.45, 2.75) is 64.6 Å². The Hall–Kier alpha value is -2.14. The molecule has 1 atom stereocenters. The van der Waals surface area contributed by atoms with Crippen molar-refractivity contribution < 1.29 is 18.5 Å². The van der Waals surface area contributed by atoms with Crippen molar-refractivity contribution in [3.63, 3.8) is 0 Å². The smallest absolute Gasteiger partial charge is 0.286 e. The van der Waals surface area contributed by atoms with Gasteiger partial charge in [0, 0.05) is 12.1 Å². The Balaban J connectivity index is 1.72. The number of carbonyl (C=O) groups is 1. The summed E-state index contributed by atoms with van der Waals surface area (Å²) in [5.74, 6) is 0.821. The highest BCUT2D eigenvalue weighted by molar-refractivity contribution is 5.91. The number of hydrogen-bond donors (Lipinski definition) is 2. The molecular weight excluding hydrogens is 343 g/mol. The van der Waals surface area contributed by atoms with Gasteiger partial charge in [0.25, 0.3) is 5.91 Å². The molecule has 1 heterocycles. The first kappa shape index (κ1) is 19.6. The zero-order valence-corrected chi connectivity index (χ0v) is 16.1. The first-order chi connectivity index (χ1) is 13.2. The average molecular weight is 373 g/mol. The Kier molecular flexibility index (Phi) is 7.04. The van der Waals surface area contributed by atoms with E-state index in [1.165, 1.54) is 30.2 Å². The Morgan fingerprint density at radius 2 is 1.93 bits per heavy atom. The summed E-state index contributed by atoms with van der Waals surface area (Å²) in [7, 11) is 0. The second-order valence-electron chi connectivity index (χ2n) is 7.46. The quantitative estimate of drug-likeness (QED) is 0.744. The average Bonchev–Trinajstić information content (AvgIpc) is 3.16. The molecule has 5 heteroatoms. The highest BCUT2D eigenvalue weighted by atomic mass is 19.1. The fourth-order valence-electron chi connectivity index (χ4n) is 3.89. The predicted octanol–water partition coefficient (Wildman–Crippen LogP) is 3.48. The number of rotatable bonds is 8. The van der Waals surface area contributed by atoms with Gasteiger partial charge in [-0.05, 0) is 50.3 Å². The Labute approximate surface area is 160 Å². The Morgan fingerprint density at radius 3 is 2.67 bits per heavy atom. The summed E-state index contributed by atoms with van der Waals surface area (Å²) in [5.41, 5.74) is 0.741. The fourth-order valence-corrected chi connectivity index (χ4v) is 3.89. The lowest BCUT2D eigenvalue weighted by molar-refractivity contribution is -0.954. The fraction of sp³-hybridized carbons (Fsp3) is 0.500. The van der Waals surface area contributed by atoms with Gasteiger partial charge in [-0.3, -0.25) is 4.79 Å². The normalized spacial score (nSPS) is 16.2. The van der Waals surface area contributed by atoms with E-state index in [0.717, 1.165) is 30.6 Å². The molecule has 0 saturated heterocycles. The van der Waals surface area contributed by atoms with Gasteiger partial charge in [0.2, 0.25) is 0 Å². The van der Waals surface area contributed by atoms with Crippen molar-refractivity contribution in [2.75, 3.05) is 6.54 Å². The van der Waals surface area contributed by atoms with E-state index in [1.807, 2.05) is 25.1 Å². The maximum Gasteiger partial charge on any atom is 0.286 e. The molecule has 2 N–H and O–H groups in total. The van der Waals surface area contributed by atoms with Crippen molar-refractivity contribution in [1.29, 1.82) is 0 Å². The summed E-state index contributed by atoms with van der Waals surface area (Å²) in [5, 5.41) is 2.84. The lowest BCUT2D eigenvalue weighted by Crippen LogP contribution is -3.13. The molecule has 3 rings (SSSR count). The molecule has 0 bridgehead atoms. The van der Waals surface area contributed by atoms with Gasteiger partial charge in [-0.25, -0.2) is 4.39 Å². The van der Waals surface area contributed by atoms with Crippen molar-refractivity contribution in [1.82, 2.24) is 5.32 Å². The van der Waals surface area contributed by atoms with Crippen LogP contribution in [-0.2, 0) is 13.1 Å². The van der Waals surface area contributed by atoms with E-state index >= 15 is 0 Å². The molecule has 0 spiro atoms. The number of quaternary nitrogens is 1. The Morgan fingerprint density at radius 1 is 1.15 bits per heavy atom. The third-order valence-corrected chi connectivity index (χ3v) is 5.38. The number of hydrogen-bond acceptors (Lipinski definition) is 2. The highest BCUT2D eigenvalue weighted by Crippen LogP contribution is 2.17. The summed E-state index contributed by atoms with van der Waals surface area (Å²) in [4.78, 5) is 13.4. The van der Waals surface area contributed by atoms with Crippen LogP contribution in [0.5, 0.6) is 0 Å². The van der Waals surface area contributed by atoms with Crippen LogP contribution in [0.25, 0.3) is 0 Å². The van der Waals surface area contributed by atoms with Crippen molar-refractivity contribution in [2.24, 2.45) is 0 Å². The molecule has 27 heavy (non-hydrogen) atoms. The lowest BCUT2D eigenvalue weighted by atomic mass is 9.93. The molecule has 4 nitrogen and oxygen atoms in total. The van der Waals surface area contributed by atoms with Crippen LogP contribution in [0.2, 0.25) is 0 Å². The molecule has 1 saturated carbocycles. The van der Waals surface area contributed by atoms with Crippen molar-refractivity contribution >= 4 is 5.91 Å². The standard InChI is InChI=1S/C22H29FN2O2/c1-2-14-24-22(26)21-13-12-19(27-21)16-25(18-9-4-3-5-10-18)15-17-8-6-7-11-20(17)23/h6-8,11-13,18H,2-5,9-10,14-16H2,1H3,(H,24,26)/p+1. The van der Waals surface area contributed by atoms with Crippen LogP contribution >= 0.6 is 0 Å². The van der Waals surface area contributed by atoms with Gasteiger partial charge in [-0.2, -0.15) is 0 Å². The number of carbonyl (C=O) groups excluding carboxylic acids is 1. The van der Waals surface area contributed by atoms with Crippen LogP contribution < -0.4 is 10.2 Å². The van der Waals surface area contributed by atoms with Crippen molar-refractivity contribution in [3.8, 4) is 0 Å². The second-order valence-corrected chi connectivity index (χ2v) is 7.46. The van der Waals surface area contributed by atoms with E-state index in [4.69, 9.17) is 4.42 Å². The van der Waals surface area contributed by atoms with E-state index in [9.17, 15) is 9.18 Å². The molecule has 1 aliphatic carbocycles. The van der Waals surface area contributed by atoms with E-state index in [-0.39, 0.29) is 11.7 Å². The topological polar surface area (TPSA) is 46.7 Å². The van der Waals surface area contributed by atoms with Crippen LogP contribution in [0.4, 0.5) is 4.39 Å². The zero-order chi connectivity index (χ0) is 19.1. The molecule has 1 fully saturated rings. The monoisotopic (exact) mass is 373 g/mol. The number of amides is 1. The number of nitrogens with one attached hydrogen (secondary N) is 2. The van der Waals surface area contributed by atoms with Gasteiger partial charge in [-0.1, -0.05) is 31.5 Å². The maximum atomic E-state index is 14.2. The van der Waals surface area contributed by atoms with Gasteiger partial charge >= 0.3 is 0 Å². The van der Waals surface area contributed by atoms with Crippen LogP contribution in [0.1, 0.15) is 67.3 Å². The molecule has 1 unspecified atom stereocenters. The molecule has 1 aromatic carbocycles. The largest absolute Gasteiger partial charge is 0.450 e. The zero-order valence-electron chi connectivity index (χ0n) is 16.1. The van der Waals surface area contributed by atoms with Gasteiger partial charge in [-0.15, -0.1) is 0 Å². The molecule has 0 radical (unpaired) electrons. The Bertz CT molecular complexity index is 737. The van der Waals surface area contributed by atoms with E-state index < -0.39 is 0 Å².